The molecule has 2 rings (SSSR count). The molecule has 0 atom stereocenters. The van der Waals surface area contributed by atoms with E-state index in [4.69, 9.17) is 27.2 Å². The molecule has 9 nitrogen and oxygen atoms in total. The number of anilines is 1. The van der Waals surface area contributed by atoms with Gasteiger partial charge in [0.05, 0.1) is 24.9 Å². The fourth-order valence-electron chi connectivity index (χ4n) is 3.11. The third kappa shape index (κ3) is 5.24. The van der Waals surface area contributed by atoms with E-state index in [9.17, 15) is 14.4 Å². The van der Waals surface area contributed by atoms with Crippen LogP contribution in [0.15, 0.2) is 12.1 Å². The molecule has 148 valence electrons. The van der Waals surface area contributed by atoms with Gasteiger partial charge in [-0.1, -0.05) is 18.5 Å². The van der Waals surface area contributed by atoms with Gasteiger partial charge in [0.2, 0.25) is 0 Å². The smallest absolute Gasteiger partial charge is 0.319 e. The van der Waals surface area contributed by atoms with Crippen LogP contribution in [0.4, 0.5) is 10.5 Å². The number of carboxylic acid groups (broad SMARTS) is 1. The summed E-state index contributed by atoms with van der Waals surface area (Å²) in [4.78, 5) is 36.5. The second-order valence-corrected chi connectivity index (χ2v) is 6.71. The second kappa shape index (κ2) is 8.92. The van der Waals surface area contributed by atoms with Gasteiger partial charge in [0.1, 0.15) is 0 Å². The van der Waals surface area contributed by atoms with Gasteiger partial charge < -0.3 is 26.2 Å². The molecule has 1 aromatic rings. The van der Waals surface area contributed by atoms with Crippen molar-refractivity contribution in [3.8, 4) is 5.75 Å². The minimum absolute atomic E-state index is 0.0182. The largest absolute Gasteiger partial charge is 0.494 e. The lowest BCUT2D eigenvalue weighted by Gasteiger charge is -2.42. The molecule has 3 amide bonds. The number of ether oxygens (including phenoxy) is 1. The van der Waals surface area contributed by atoms with E-state index in [-0.39, 0.29) is 40.7 Å². The highest BCUT2D eigenvalue weighted by atomic mass is 35.5. The summed E-state index contributed by atoms with van der Waals surface area (Å²) in [7, 11) is 1.36. The molecule has 0 unspecified atom stereocenters. The van der Waals surface area contributed by atoms with Gasteiger partial charge in [-0.15, -0.1) is 0 Å². The highest BCUT2D eigenvalue weighted by Gasteiger charge is 2.34. The van der Waals surface area contributed by atoms with Crippen LogP contribution in [0.3, 0.4) is 0 Å². The van der Waals surface area contributed by atoms with Crippen molar-refractivity contribution in [1.82, 2.24) is 10.2 Å². The monoisotopic (exact) mass is 398 g/mol. The maximum Gasteiger partial charge on any atom is 0.319 e. The van der Waals surface area contributed by atoms with E-state index in [1.165, 1.54) is 19.2 Å². The molecule has 0 radical (unpaired) electrons. The summed E-state index contributed by atoms with van der Waals surface area (Å²) < 4.78 is 5.17. The maximum absolute atomic E-state index is 12.3. The van der Waals surface area contributed by atoms with Crippen LogP contribution in [0.5, 0.6) is 5.75 Å². The number of methoxy groups -OCH3 is 1. The molecule has 10 heteroatoms. The number of nitrogens with two attached hydrogens (primary N) is 1. The standard InChI is InChI=1S/C17H23ClN4O5/c1-3-22(8-14(23)24)11-6-10(7-11)20-17(26)21-13-5-9(18)4-12(16(19)25)15(13)27-2/h4-5,10-11H,3,6-8H2,1-2H3,(H2,19,25)(H,23,24)(H2,20,21,26). The quantitative estimate of drug-likeness (QED) is 0.524. The Bertz CT molecular complexity index is 736. The number of halogens is 1. The zero-order valence-electron chi connectivity index (χ0n) is 15.1. The van der Waals surface area contributed by atoms with Crippen LogP contribution in [-0.4, -0.2) is 60.2 Å². The van der Waals surface area contributed by atoms with E-state index in [0.29, 0.717) is 19.4 Å². The summed E-state index contributed by atoms with van der Waals surface area (Å²) in [5, 5.41) is 14.6. The lowest BCUT2D eigenvalue weighted by Crippen LogP contribution is -2.55. The number of carbonyl (C=O) groups is 3. The molecule has 0 aliphatic heterocycles. The van der Waals surface area contributed by atoms with Crippen molar-refractivity contribution in [3.05, 3.63) is 22.7 Å². The van der Waals surface area contributed by atoms with Crippen LogP contribution in [-0.2, 0) is 4.79 Å². The third-order valence-corrected chi connectivity index (χ3v) is 4.70. The molecule has 0 bridgehead atoms. The van der Waals surface area contributed by atoms with Crippen LogP contribution < -0.4 is 21.1 Å². The van der Waals surface area contributed by atoms with Crippen LogP contribution in [0.25, 0.3) is 0 Å². The van der Waals surface area contributed by atoms with Crippen molar-refractivity contribution in [3.63, 3.8) is 0 Å². The van der Waals surface area contributed by atoms with Crippen molar-refractivity contribution in [1.29, 1.82) is 0 Å². The van der Waals surface area contributed by atoms with Crippen molar-refractivity contribution in [2.24, 2.45) is 5.73 Å². The van der Waals surface area contributed by atoms with E-state index < -0.39 is 17.9 Å². The number of nitrogens with zero attached hydrogens (tertiary/aromatic N) is 1. The number of aliphatic carboxylic acids is 1. The highest BCUT2D eigenvalue weighted by Crippen LogP contribution is 2.32. The van der Waals surface area contributed by atoms with Crippen LogP contribution >= 0.6 is 11.6 Å². The van der Waals surface area contributed by atoms with Crippen LogP contribution in [0.1, 0.15) is 30.1 Å². The number of hydrogen-bond donors (Lipinski definition) is 4. The minimum Gasteiger partial charge on any atom is -0.494 e. The Balaban J connectivity index is 1.96. The molecule has 1 aromatic carbocycles. The predicted molar refractivity (Wildman–Crippen MR) is 100 cm³/mol. The van der Waals surface area contributed by atoms with E-state index in [1.807, 2.05) is 11.8 Å². The summed E-state index contributed by atoms with van der Waals surface area (Å²) in [6, 6.07) is 2.40. The topological polar surface area (TPSA) is 134 Å². The molecule has 27 heavy (non-hydrogen) atoms. The average Bonchev–Trinajstić information content (AvgIpc) is 2.55. The van der Waals surface area contributed by atoms with Crippen LogP contribution in [0.2, 0.25) is 5.02 Å². The Hall–Kier alpha value is -2.52. The molecule has 1 aliphatic rings. The molecular weight excluding hydrogens is 376 g/mol. The van der Waals surface area contributed by atoms with Gasteiger partial charge in [0, 0.05) is 17.1 Å². The number of hydrogen-bond acceptors (Lipinski definition) is 5. The van der Waals surface area contributed by atoms with Crippen molar-refractivity contribution < 1.29 is 24.2 Å². The molecule has 0 saturated heterocycles. The predicted octanol–water partition coefficient (Wildman–Crippen LogP) is 1.51. The van der Waals surface area contributed by atoms with Crippen molar-refractivity contribution >= 4 is 35.2 Å². The molecule has 0 spiro atoms. The minimum atomic E-state index is -0.871. The first-order valence-electron chi connectivity index (χ1n) is 8.45. The molecule has 5 N–H and O–H groups in total. The summed E-state index contributed by atoms with van der Waals surface area (Å²) in [5.74, 6) is -1.46. The van der Waals surface area contributed by atoms with Gasteiger partial charge in [0.15, 0.2) is 5.75 Å². The number of likely N-dealkylation sites (N-methyl/N-ethyl adjacent to an activating group) is 1. The fraction of sp³-hybridized carbons (Fsp3) is 0.471. The molecule has 1 fully saturated rings. The van der Waals surface area contributed by atoms with Gasteiger partial charge in [0.25, 0.3) is 5.91 Å². The van der Waals surface area contributed by atoms with Gasteiger partial charge >= 0.3 is 12.0 Å². The van der Waals surface area contributed by atoms with Gasteiger partial charge in [-0.3, -0.25) is 14.5 Å². The van der Waals surface area contributed by atoms with E-state index >= 15 is 0 Å². The van der Waals surface area contributed by atoms with Crippen LogP contribution in [0, 0.1) is 0 Å². The Morgan fingerprint density at radius 3 is 2.56 bits per heavy atom. The average molecular weight is 399 g/mol. The number of benzene rings is 1. The summed E-state index contributed by atoms with van der Waals surface area (Å²) in [6.45, 7) is 2.51. The van der Waals surface area contributed by atoms with E-state index in [1.54, 1.807) is 0 Å². The zero-order valence-corrected chi connectivity index (χ0v) is 15.9. The molecule has 0 heterocycles. The molecule has 1 saturated carbocycles. The van der Waals surface area contributed by atoms with Crippen molar-refractivity contribution in [2.45, 2.75) is 31.8 Å². The first-order valence-corrected chi connectivity index (χ1v) is 8.83. The molecule has 0 aromatic heterocycles. The third-order valence-electron chi connectivity index (χ3n) is 4.48. The number of carboxylic acids is 1. The Labute approximate surface area is 161 Å². The number of carbonyl (C=O) groups excluding carboxylic acids is 2. The molecule has 1 aliphatic carbocycles. The van der Waals surface area contributed by atoms with Gasteiger partial charge in [-0.2, -0.15) is 0 Å². The molecular formula is C17H23ClN4O5. The lowest BCUT2D eigenvalue weighted by molar-refractivity contribution is -0.139. The Morgan fingerprint density at radius 1 is 1.37 bits per heavy atom. The normalized spacial score (nSPS) is 18.5. The van der Waals surface area contributed by atoms with Gasteiger partial charge in [-0.05, 0) is 31.5 Å². The number of nitrogens with one attached hydrogen (secondary N) is 2. The lowest BCUT2D eigenvalue weighted by atomic mass is 9.85. The van der Waals surface area contributed by atoms with E-state index in [0.717, 1.165) is 0 Å². The zero-order chi connectivity index (χ0) is 20.1. The van der Waals surface area contributed by atoms with E-state index in [2.05, 4.69) is 10.6 Å². The number of urea groups is 1. The summed E-state index contributed by atoms with van der Waals surface area (Å²) in [6.07, 6.45) is 1.32. The highest BCUT2D eigenvalue weighted by molar-refractivity contribution is 6.31. The second-order valence-electron chi connectivity index (χ2n) is 6.28. The first kappa shape index (κ1) is 20.8. The Kier molecular flexibility index (Phi) is 6.86. The number of amides is 3. The summed E-state index contributed by atoms with van der Waals surface area (Å²) >= 11 is 5.97. The maximum atomic E-state index is 12.3. The fourth-order valence-corrected chi connectivity index (χ4v) is 3.33. The van der Waals surface area contributed by atoms with Gasteiger partial charge in [-0.25, -0.2) is 4.79 Å². The summed E-state index contributed by atoms with van der Waals surface area (Å²) in [5.41, 5.74) is 5.60. The Morgan fingerprint density at radius 2 is 2.04 bits per heavy atom. The number of rotatable bonds is 8. The first-order chi connectivity index (χ1) is 12.7. The SMILES string of the molecule is CCN(CC(=O)O)C1CC(NC(=O)Nc2cc(Cl)cc(C(N)=O)c2OC)C1. The number of primary amides is 1. The van der Waals surface area contributed by atoms with Crippen molar-refractivity contribution in [2.75, 3.05) is 25.5 Å².